The first-order chi connectivity index (χ1) is 9.42. The summed E-state index contributed by atoms with van der Waals surface area (Å²) in [5.41, 5.74) is 0.150. The Kier molecular flexibility index (Phi) is 4.21. The van der Waals surface area contributed by atoms with E-state index < -0.39 is 11.4 Å². The Balaban J connectivity index is 2.13. The van der Waals surface area contributed by atoms with Crippen LogP contribution in [0.4, 0.5) is 0 Å². The van der Waals surface area contributed by atoms with Crippen molar-refractivity contribution in [3.8, 4) is 11.5 Å². The maximum absolute atomic E-state index is 11.2. The molecule has 2 rings (SSSR count). The zero-order valence-electron chi connectivity index (χ0n) is 12.3. The van der Waals surface area contributed by atoms with Crippen LogP contribution in [0.3, 0.4) is 0 Å². The van der Waals surface area contributed by atoms with Gasteiger partial charge < -0.3 is 14.6 Å². The molecule has 1 aromatic carbocycles. The summed E-state index contributed by atoms with van der Waals surface area (Å²) >= 11 is 0. The van der Waals surface area contributed by atoms with Gasteiger partial charge in [0.15, 0.2) is 11.5 Å². The lowest BCUT2D eigenvalue weighted by atomic mass is 9.86. The highest BCUT2D eigenvalue weighted by Gasteiger charge is 2.28. The van der Waals surface area contributed by atoms with Gasteiger partial charge in [0, 0.05) is 0 Å². The molecule has 0 atom stereocenters. The first-order valence-electron chi connectivity index (χ1n) is 6.99. The molecule has 1 N–H and O–H groups in total. The van der Waals surface area contributed by atoms with Gasteiger partial charge in [-0.25, -0.2) is 0 Å². The van der Waals surface area contributed by atoms with Crippen LogP contribution < -0.4 is 9.47 Å². The van der Waals surface area contributed by atoms with Crippen molar-refractivity contribution in [2.24, 2.45) is 5.41 Å². The maximum atomic E-state index is 11.2. The van der Waals surface area contributed by atoms with Crippen LogP contribution in [0.1, 0.15) is 38.7 Å². The van der Waals surface area contributed by atoms with Crippen molar-refractivity contribution in [1.29, 1.82) is 0 Å². The van der Waals surface area contributed by atoms with Crippen molar-refractivity contribution in [3.63, 3.8) is 0 Å². The van der Waals surface area contributed by atoms with E-state index in [1.807, 2.05) is 18.2 Å². The molecule has 0 bridgehead atoms. The number of carboxylic acids is 1. The van der Waals surface area contributed by atoms with E-state index in [4.69, 9.17) is 9.47 Å². The fraction of sp³-hybridized carbons (Fsp3) is 0.562. The smallest absolute Gasteiger partial charge is 0.309 e. The Bertz CT molecular complexity index is 489. The summed E-state index contributed by atoms with van der Waals surface area (Å²) in [6, 6.07) is 5.67. The van der Waals surface area contributed by atoms with E-state index in [1.54, 1.807) is 21.0 Å². The molecule has 1 fully saturated rings. The fourth-order valence-electron chi connectivity index (χ4n) is 2.17. The summed E-state index contributed by atoms with van der Waals surface area (Å²) in [4.78, 5) is 11.2. The maximum Gasteiger partial charge on any atom is 0.309 e. The van der Waals surface area contributed by atoms with Crippen molar-refractivity contribution in [3.05, 3.63) is 23.8 Å². The van der Waals surface area contributed by atoms with Gasteiger partial charge in [-0.3, -0.25) is 4.79 Å². The Morgan fingerprint density at radius 2 is 2.05 bits per heavy atom. The molecule has 110 valence electrons. The molecule has 0 saturated heterocycles. The molecule has 1 saturated carbocycles. The standard InChI is InChI=1S/C16H22O4/c1-16(2,15(17)18)10-11-7-8-13(14(9-11)19-3)20-12-5-4-6-12/h7-9,12H,4-6,10H2,1-3H3,(H,17,18). The Morgan fingerprint density at radius 3 is 2.55 bits per heavy atom. The van der Waals surface area contributed by atoms with Gasteiger partial charge in [-0.05, 0) is 57.2 Å². The second-order valence-corrected chi connectivity index (χ2v) is 6.02. The zero-order valence-corrected chi connectivity index (χ0v) is 12.3. The van der Waals surface area contributed by atoms with Crippen LogP contribution >= 0.6 is 0 Å². The molecule has 0 amide bonds. The molecule has 4 heteroatoms. The second kappa shape index (κ2) is 5.73. The van der Waals surface area contributed by atoms with Gasteiger partial charge >= 0.3 is 5.97 Å². The Morgan fingerprint density at radius 1 is 1.35 bits per heavy atom. The largest absolute Gasteiger partial charge is 0.493 e. The van der Waals surface area contributed by atoms with Crippen LogP contribution in [0.15, 0.2) is 18.2 Å². The number of hydrogen-bond donors (Lipinski definition) is 1. The van der Waals surface area contributed by atoms with E-state index in [2.05, 4.69) is 0 Å². The highest BCUT2D eigenvalue weighted by atomic mass is 16.5. The predicted octanol–water partition coefficient (Wildman–Crippen LogP) is 3.28. The van der Waals surface area contributed by atoms with Crippen molar-refractivity contribution < 1.29 is 19.4 Å². The van der Waals surface area contributed by atoms with Gasteiger partial charge in [0.1, 0.15) is 0 Å². The van der Waals surface area contributed by atoms with E-state index in [0.717, 1.165) is 24.2 Å². The number of hydrogen-bond acceptors (Lipinski definition) is 3. The normalized spacial score (nSPS) is 15.6. The van der Waals surface area contributed by atoms with Crippen molar-refractivity contribution >= 4 is 5.97 Å². The average molecular weight is 278 g/mol. The van der Waals surface area contributed by atoms with Crippen molar-refractivity contribution in [2.45, 2.75) is 45.6 Å². The molecular weight excluding hydrogens is 256 g/mol. The zero-order chi connectivity index (χ0) is 14.8. The van der Waals surface area contributed by atoms with Crippen LogP contribution in [0.5, 0.6) is 11.5 Å². The Labute approximate surface area is 119 Å². The van der Waals surface area contributed by atoms with E-state index >= 15 is 0 Å². The van der Waals surface area contributed by atoms with Gasteiger partial charge in [-0.15, -0.1) is 0 Å². The summed E-state index contributed by atoms with van der Waals surface area (Å²) in [5.74, 6) is 0.621. The second-order valence-electron chi connectivity index (χ2n) is 6.02. The predicted molar refractivity (Wildman–Crippen MR) is 76.4 cm³/mol. The monoisotopic (exact) mass is 278 g/mol. The third kappa shape index (κ3) is 3.24. The molecule has 20 heavy (non-hydrogen) atoms. The minimum absolute atomic E-state index is 0.296. The molecule has 0 radical (unpaired) electrons. The number of carboxylic acid groups (broad SMARTS) is 1. The van der Waals surface area contributed by atoms with Gasteiger partial charge in [0.05, 0.1) is 18.6 Å². The van der Waals surface area contributed by atoms with Gasteiger partial charge in [0.2, 0.25) is 0 Å². The molecule has 1 aromatic rings. The lowest BCUT2D eigenvalue weighted by Crippen LogP contribution is -2.26. The minimum atomic E-state index is -0.800. The first kappa shape index (κ1) is 14.7. The number of carbonyl (C=O) groups is 1. The first-order valence-corrected chi connectivity index (χ1v) is 6.99. The van der Waals surface area contributed by atoms with Crippen LogP contribution in [-0.4, -0.2) is 24.3 Å². The highest BCUT2D eigenvalue weighted by molar-refractivity contribution is 5.74. The molecule has 0 aromatic heterocycles. The molecule has 4 nitrogen and oxygen atoms in total. The molecular formula is C16H22O4. The van der Waals surface area contributed by atoms with Crippen molar-refractivity contribution in [1.82, 2.24) is 0 Å². The molecule has 0 aliphatic heterocycles. The van der Waals surface area contributed by atoms with E-state index in [-0.39, 0.29) is 0 Å². The molecule has 1 aliphatic carbocycles. The summed E-state index contributed by atoms with van der Waals surface area (Å²) in [5, 5.41) is 9.19. The topological polar surface area (TPSA) is 55.8 Å². The van der Waals surface area contributed by atoms with Gasteiger partial charge in [-0.2, -0.15) is 0 Å². The van der Waals surface area contributed by atoms with Gasteiger partial charge in [0.25, 0.3) is 0 Å². The fourth-order valence-corrected chi connectivity index (χ4v) is 2.17. The minimum Gasteiger partial charge on any atom is -0.493 e. The number of rotatable bonds is 6. The molecule has 0 spiro atoms. The van der Waals surface area contributed by atoms with Crippen LogP contribution in [0, 0.1) is 5.41 Å². The average Bonchev–Trinajstić information content (AvgIpc) is 2.34. The van der Waals surface area contributed by atoms with Crippen LogP contribution in [0.2, 0.25) is 0 Å². The lowest BCUT2D eigenvalue weighted by molar-refractivity contribution is -0.146. The quantitative estimate of drug-likeness (QED) is 0.867. The molecule has 0 unspecified atom stereocenters. The summed E-state index contributed by atoms with van der Waals surface area (Å²) in [6.45, 7) is 3.45. The molecule has 0 heterocycles. The van der Waals surface area contributed by atoms with Gasteiger partial charge in [-0.1, -0.05) is 6.07 Å². The number of methoxy groups -OCH3 is 1. The number of aliphatic carboxylic acids is 1. The highest BCUT2D eigenvalue weighted by Crippen LogP contribution is 2.34. The summed E-state index contributed by atoms with van der Waals surface area (Å²) in [7, 11) is 1.61. The third-order valence-electron chi connectivity index (χ3n) is 3.80. The van der Waals surface area contributed by atoms with E-state index in [0.29, 0.717) is 18.3 Å². The van der Waals surface area contributed by atoms with E-state index in [1.165, 1.54) is 6.42 Å². The van der Waals surface area contributed by atoms with Crippen LogP contribution in [0.25, 0.3) is 0 Å². The number of benzene rings is 1. The lowest BCUT2D eigenvalue weighted by Gasteiger charge is -2.27. The summed E-state index contributed by atoms with van der Waals surface area (Å²) < 4.78 is 11.2. The SMILES string of the molecule is COc1cc(CC(C)(C)C(=O)O)ccc1OC1CCC1. The summed E-state index contributed by atoms with van der Waals surface area (Å²) in [6.07, 6.45) is 4.17. The molecule has 1 aliphatic rings. The van der Waals surface area contributed by atoms with Crippen LogP contribution in [-0.2, 0) is 11.2 Å². The van der Waals surface area contributed by atoms with Crippen molar-refractivity contribution in [2.75, 3.05) is 7.11 Å². The van der Waals surface area contributed by atoms with E-state index in [9.17, 15) is 9.90 Å². The number of ether oxygens (including phenoxy) is 2. The Hall–Kier alpha value is -1.71. The third-order valence-corrected chi connectivity index (χ3v) is 3.80.